The van der Waals surface area contributed by atoms with Crippen LogP contribution in [0.1, 0.15) is 11.8 Å². The second-order valence-corrected chi connectivity index (χ2v) is 4.49. The van der Waals surface area contributed by atoms with Gasteiger partial charge in [0.1, 0.15) is 0 Å². The summed E-state index contributed by atoms with van der Waals surface area (Å²) in [6.07, 6.45) is 3.21. The molecular formula is C7H6BrNO2S. The minimum Gasteiger partial charge on any atom is -0.478 e. The van der Waals surface area contributed by atoms with Crippen LogP contribution < -0.4 is 0 Å². The van der Waals surface area contributed by atoms with Gasteiger partial charge in [-0.1, -0.05) is 0 Å². The Morgan fingerprint density at radius 3 is 2.92 bits per heavy atom. The number of halogens is 1. The van der Waals surface area contributed by atoms with Crippen molar-refractivity contribution in [3.05, 3.63) is 20.6 Å². The maximum atomic E-state index is 10.4. The van der Waals surface area contributed by atoms with Crippen molar-refractivity contribution in [1.82, 2.24) is 4.98 Å². The molecule has 12 heavy (non-hydrogen) atoms. The Morgan fingerprint density at radius 2 is 2.50 bits per heavy atom. The molecule has 1 aromatic rings. The van der Waals surface area contributed by atoms with Gasteiger partial charge in [-0.2, -0.15) is 0 Å². The van der Waals surface area contributed by atoms with E-state index in [-0.39, 0.29) is 0 Å². The van der Waals surface area contributed by atoms with Crippen LogP contribution >= 0.6 is 27.3 Å². The van der Waals surface area contributed by atoms with Crippen LogP contribution in [0.3, 0.4) is 0 Å². The van der Waals surface area contributed by atoms with Gasteiger partial charge in [-0.3, -0.25) is 0 Å². The van der Waals surface area contributed by atoms with Crippen molar-refractivity contribution < 1.29 is 9.90 Å². The summed E-state index contributed by atoms with van der Waals surface area (Å²) < 4.78 is 0.756. The third kappa shape index (κ3) is 2.42. The molecule has 0 aliphatic heterocycles. The van der Waals surface area contributed by atoms with Crippen molar-refractivity contribution in [2.45, 2.75) is 6.92 Å². The Morgan fingerprint density at radius 1 is 1.83 bits per heavy atom. The molecule has 0 saturated heterocycles. The van der Waals surface area contributed by atoms with Crippen LogP contribution in [0.2, 0.25) is 0 Å². The Bertz CT molecular complexity index is 332. The van der Waals surface area contributed by atoms with Crippen molar-refractivity contribution in [3.63, 3.8) is 0 Å². The normalized spacial score (nSPS) is 11.7. The zero-order valence-electron chi connectivity index (χ0n) is 6.24. The van der Waals surface area contributed by atoms with Gasteiger partial charge in [0.05, 0.1) is 0 Å². The predicted molar refractivity (Wildman–Crippen MR) is 51.1 cm³/mol. The van der Waals surface area contributed by atoms with Crippen LogP contribution in [-0.2, 0) is 4.79 Å². The molecule has 0 aromatic carbocycles. The molecule has 0 spiro atoms. The highest BCUT2D eigenvalue weighted by Gasteiger charge is 2.01. The zero-order valence-corrected chi connectivity index (χ0v) is 8.65. The van der Waals surface area contributed by atoms with Gasteiger partial charge < -0.3 is 5.11 Å². The predicted octanol–water partition coefficient (Wildman–Crippen LogP) is 2.39. The van der Waals surface area contributed by atoms with Crippen LogP contribution in [0.4, 0.5) is 0 Å². The quantitative estimate of drug-likeness (QED) is 0.817. The summed E-state index contributed by atoms with van der Waals surface area (Å²) in [5.41, 5.74) is 0.311. The lowest BCUT2D eigenvalue weighted by Gasteiger charge is -1.88. The SMILES string of the molecule is C/C(=C\c1cnc(Br)s1)C(=O)O. The number of aromatic nitrogens is 1. The lowest BCUT2D eigenvalue weighted by Crippen LogP contribution is -1.94. The molecule has 0 saturated carbocycles. The Kier molecular flexibility index (Phi) is 2.99. The monoisotopic (exact) mass is 247 g/mol. The molecule has 0 aliphatic rings. The first kappa shape index (κ1) is 9.41. The first-order valence-electron chi connectivity index (χ1n) is 3.12. The van der Waals surface area contributed by atoms with E-state index >= 15 is 0 Å². The molecule has 0 atom stereocenters. The highest BCUT2D eigenvalue weighted by atomic mass is 79.9. The summed E-state index contributed by atoms with van der Waals surface area (Å²) in [4.78, 5) is 15.2. The van der Waals surface area contributed by atoms with E-state index in [4.69, 9.17) is 5.11 Å². The van der Waals surface area contributed by atoms with Gasteiger partial charge in [0, 0.05) is 16.6 Å². The van der Waals surface area contributed by atoms with Crippen LogP contribution in [0.15, 0.2) is 15.7 Å². The molecule has 0 fully saturated rings. The van der Waals surface area contributed by atoms with Crippen LogP contribution in [-0.4, -0.2) is 16.1 Å². The van der Waals surface area contributed by atoms with Crippen molar-refractivity contribution in [2.75, 3.05) is 0 Å². The molecule has 0 radical (unpaired) electrons. The van der Waals surface area contributed by atoms with E-state index in [1.54, 1.807) is 19.2 Å². The lowest BCUT2D eigenvalue weighted by molar-refractivity contribution is -0.132. The second kappa shape index (κ2) is 3.82. The summed E-state index contributed by atoms with van der Waals surface area (Å²) in [5, 5.41) is 8.55. The van der Waals surface area contributed by atoms with Gasteiger partial charge in [-0.05, 0) is 28.9 Å². The molecule has 3 nitrogen and oxygen atoms in total. The third-order valence-corrected chi connectivity index (χ3v) is 2.61. The van der Waals surface area contributed by atoms with Crippen molar-refractivity contribution in [2.24, 2.45) is 0 Å². The van der Waals surface area contributed by atoms with E-state index in [0.29, 0.717) is 5.57 Å². The minimum absolute atomic E-state index is 0.311. The molecule has 0 bridgehead atoms. The van der Waals surface area contributed by atoms with Crippen molar-refractivity contribution in [1.29, 1.82) is 0 Å². The van der Waals surface area contributed by atoms with Crippen LogP contribution in [0.5, 0.6) is 0 Å². The summed E-state index contributed by atoms with van der Waals surface area (Å²) in [5.74, 6) is -0.903. The topological polar surface area (TPSA) is 50.2 Å². The van der Waals surface area contributed by atoms with E-state index in [0.717, 1.165) is 8.79 Å². The van der Waals surface area contributed by atoms with E-state index in [1.807, 2.05) is 0 Å². The molecule has 1 heterocycles. The summed E-state index contributed by atoms with van der Waals surface area (Å²) >= 11 is 4.59. The second-order valence-electron chi connectivity index (χ2n) is 2.15. The van der Waals surface area contributed by atoms with Crippen LogP contribution in [0.25, 0.3) is 6.08 Å². The first-order chi connectivity index (χ1) is 5.59. The van der Waals surface area contributed by atoms with Gasteiger partial charge in [0.2, 0.25) is 0 Å². The van der Waals surface area contributed by atoms with Gasteiger partial charge in [-0.25, -0.2) is 9.78 Å². The number of carbonyl (C=O) groups is 1. The molecule has 64 valence electrons. The fraction of sp³-hybridized carbons (Fsp3) is 0.143. The molecule has 1 N–H and O–H groups in total. The first-order valence-corrected chi connectivity index (χ1v) is 4.73. The lowest BCUT2D eigenvalue weighted by atomic mass is 10.3. The van der Waals surface area contributed by atoms with Gasteiger partial charge >= 0.3 is 5.97 Å². The Balaban J connectivity index is 2.87. The number of carboxylic acids is 1. The van der Waals surface area contributed by atoms with E-state index in [2.05, 4.69) is 20.9 Å². The van der Waals surface area contributed by atoms with E-state index < -0.39 is 5.97 Å². The number of rotatable bonds is 2. The van der Waals surface area contributed by atoms with Gasteiger partial charge in [0.25, 0.3) is 0 Å². The van der Waals surface area contributed by atoms with E-state index in [9.17, 15) is 4.79 Å². The molecule has 1 rings (SSSR count). The largest absolute Gasteiger partial charge is 0.478 e. The summed E-state index contributed by atoms with van der Waals surface area (Å²) in [7, 11) is 0. The Hall–Kier alpha value is -0.680. The number of thiazole rings is 1. The zero-order chi connectivity index (χ0) is 9.14. The molecule has 5 heteroatoms. The molecule has 1 aromatic heterocycles. The average Bonchev–Trinajstić information content (AvgIpc) is 2.35. The van der Waals surface area contributed by atoms with Crippen molar-refractivity contribution >= 4 is 39.3 Å². The number of aliphatic carboxylic acids is 1. The van der Waals surface area contributed by atoms with Gasteiger partial charge in [-0.15, -0.1) is 11.3 Å². The molecule has 0 unspecified atom stereocenters. The third-order valence-electron chi connectivity index (χ3n) is 1.19. The van der Waals surface area contributed by atoms with Crippen LogP contribution in [0, 0.1) is 0 Å². The van der Waals surface area contributed by atoms with Crippen molar-refractivity contribution in [3.8, 4) is 0 Å². The average molecular weight is 248 g/mol. The summed E-state index contributed by atoms with van der Waals surface area (Å²) in [6, 6.07) is 0. The molecular weight excluding hydrogens is 242 g/mol. The molecule has 0 amide bonds. The smallest absolute Gasteiger partial charge is 0.331 e. The minimum atomic E-state index is -0.903. The molecule has 0 aliphatic carbocycles. The number of nitrogens with zero attached hydrogens (tertiary/aromatic N) is 1. The standard InChI is InChI=1S/C7H6BrNO2S/c1-4(6(10)11)2-5-3-9-7(8)12-5/h2-3H,1H3,(H,10,11)/b4-2+. The Labute approximate surface area is 81.9 Å². The maximum Gasteiger partial charge on any atom is 0.331 e. The highest BCUT2D eigenvalue weighted by molar-refractivity contribution is 9.11. The number of carboxylic acid groups (broad SMARTS) is 1. The van der Waals surface area contributed by atoms with Gasteiger partial charge in [0.15, 0.2) is 3.92 Å². The summed E-state index contributed by atoms with van der Waals surface area (Å²) in [6.45, 7) is 1.55. The fourth-order valence-electron chi connectivity index (χ4n) is 0.606. The highest BCUT2D eigenvalue weighted by Crippen LogP contribution is 2.20. The maximum absolute atomic E-state index is 10.4. The van der Waals surface area contributed by atoms with E-state index in [1.165, 1.54) is 11.3 Å². The fourth-order valence-corrected chi connectivity index (χ4v) is 1.91. The number of hydrogen-bond donors (Lipinski definition) is 1. The number of hydrogen-bond acceptors (Lipinski definition) is 3.